The second-order valence-electron chi connectivity index (χ2n) is 6.70. The lowest BCUT2D eigenvalue weighted by Gasteiger charge is -2.34. The Labute approximate surface area is 189 Å². The highest BCUT2D eigenvalue weighted by molar-refractivity contribution is 7.99. The van der Waals surface area contributed by atoms with Gasteiger partial charge in [-0.15, -0.1) is 11.8 Å². The fourth-order valence-corrected chi connectivity index (χ4v) is 5.06. The molecule has 29 heavy (non-hydrogen) atoms. The minimum absolute atomic E-state index is 0.0762. The van der Waals surface area contributed by atoms with Crippen molar-refractivity contribution in [2.75, 3.05) is 31.9 Å². The number of thioether (sulfide) groups is 1. The summed E-state index contributed by atoms with van der Waals surface area (Å²) >= 11 is 15.3. The predicted molar refractivity (Wildman–Crippen MR) is 122 cm³/mol. The maximum atomic E-state index is 12.4. The third-order valence-corrected chi connectivity index (χ3v) is 7.35. The van der Waals surface area contributed by atoms with E-state index in [0.29, 0.717) is 42.0 Å². The van der Waals surface area contributed by atoms with Gasteiger partial charge in [0.25, 0.3) is 0 Å². The van der Waals surface area contributed by atoms with Crippen molar-refractivity contribution >= 4 is 58.5 Å². The summed E-state index contributed by atoms with van der Waals surface area (Å²) in [6.45, 7) is 4.08. The molecule has 2 aromatic carbocycles. The van der Waals surface area contributed by atoms with E-state index in [4.69, 9.17) is 23.2 Å². The number of hydrogen-bond donors (Lipinski definition) is 0. The predicted octanol–water partition coefficient (Wildman–Crippen LogP) is 5.07. The first-order chi connectivity index (χ1) is 13.9. The van der Waals surface area contributed by atoms with Gasteiger partial charge in [0.2, 0.25) is 11.8 Å². The molecule has 1 saturated heterocycles. The number of carbonyl (C=O) groups excluding carboxylic acids is 2. The zero-order valence-corrected chi connectivity index (χ0v) is 19.2. The number of carbonyl (C=O) groups is 2. The Morgan fingerprint density at radius 1 is 0.897 bits per heavy atom. The summed E-state index contributed by atoms with van der Waals surface area (Å²) in [6.07, 6.45) is 0. The number of rotatable bonds is 6. The van der Waals surface area contributed by atoms with Gasteiger partial charge in [0.1, 0.15) is 0 Å². The van der Waals surface area contributed by atoms with Crippen LogP contribution in [-0.4, -0.2) is 53.5 Å². The molecule has 8 heteroatoms. The number of benzene rings is 2. The summed E-state index contributed by atoms with van der Waals surface area (Å²) in [5, 5.41) is 1.11. The van der Waals surface area contributed by atoms with Crippen LogP contribution in [0.2, 0.25) is 10.0 Å². The van der Waals surface area contributed by atoms with Crippen molar-refractivity contribution in [3.05, 3.63) is 58.1 Å². The number of hydrogen-bond acceptors (Lipinski definition) is 4. The summed E-state index contributed by atoms with van der Waals surface area (Å²) in [7, 11) is 0. The van der Waals surface area contributed by atoms with Gasteiger partial charge >= 0.3 is 0 Å². The SMILES string of the molecule is CC(=O)N1CCN(C(=O)CSCc2ccc(Sc3ccc(Cl)c(Cl)c3)cc2)CC1. The molecule has 0 bridgehead atoms. The van der Waals surface area contributed by atoms with E-state index in [1.54, 1.807) is 41.4 Å². The average Bonchev–Trinajstić information content (AvgIpc) is 2.72. The van der Waals surface area contributed by atoms with Crippen LogP contribution >= 0.6 is 46.7 Å². The van der Waals surface area contributed by atoms with Gasteiger partial charge in [0.05, 0.1) is 15.8 Å². The molecule has 0 radical (unpaired) electrons. The van der Waals surface area contributed by atoms with Crippen molar-refractivity contribution in [3.8, 4) is 0 Å². The number of amides is 2. The Kier molecular flexibility index (Phi) is 8.18. The Hall–Kier alpha value is -1.34. The molecule has 1 aliphatic heterocycles. The lowest BCUT2D eigenvalue weighted by molar-refractivity contribution is -0.136. The van der Waals surface area contributed by atoms with Gasteiger partial charge in [-0.3, -0.25) is 9.59 Å². The Morgan fingerprint density at radius 2 is 1.52 bits per heavy atom. The van der Waals surface area contributed by atoms with Crippen molar-refractivity contribution in [3.63, 3.8) is 0 Å². The second kappa shape index (κ2) is 10.6. The molecule has 0 saturated carbocycles. The largest absolute Gasteiger partial charge is 0.339 e. The topological polar surface area (TPSA) is 40.6 Å². The van der Waals surface area contributed by atoms with E-state index in [9.17, 15) is 9.59 Å². The standard InChI is InChI=1S/C21H22Cl2N2O2S2/c1-15(26)24-8-10-25(11-9-24)21(27)14-28-13-16-2-4-17(5-3-16)29-18-6-7-19(22)20(23)12-18/h2-7,12H,8-11,13-14H2,1H3. The van der Waals surface area contributed by atoms with E-state index in [1.165, 1.54) is 5.56 Å². The molecular formula is C21H22Cl2N2O2S2. The van der Waals surface area contributed by atoms with E-state index in [2.05, 4.69) is 24.3 Å². The van der Waals surface area contributed by atoms with Gasteiger partial charge < -0.3 is 9.80 Å². The molecule has 1 aliphatic rings. The van der Waals surface area contributed by atoms with E-state index in [-0.39, 0.29) is 11.8 Å². The van der Waals surface area contributed by atoms with Crippen LogP contribution in [0.4, 0.5) is 0 Å². The molecule has 3 rings (SSSR count). The second-order valence-corrected chi connectivity index (χ2v) is 9.65. The van der Waals surface area contributed by atoms with Crippen molar-refractivity contribution in [2.24, 2.45) is 0 Å². The van der Waals surface area contributed by atoms with E-state index >= 15 is 0 Å². The highest BCUT2D eigenvalue weighted by Crippen LogP contribution is 2.32. The zero-order chi connectivity index (χ0) is 20.8. The molecule has 0 spiro atoms. The fourth-order valence-electron chi connectivity index (χ4n) is 2.95. The molecule has 1 heterocycles. The van der Waals surface area contributed by atoms with Gasteiger partial charge in [-0.1, -0.05) is 47.1 Å². The van der Waals surface area contributed by atoms with Crippen LogP contribution in [0.15, 0.2) is 52.3 Å². The molecular weight excluding hydrogens is 447 g/mol. The summed E-state index contributed by atoms with van der Waals surface area (Å²) in [6, 6.07) is 13.9. The Bertz CT molecular complexity index is 869. The van der Waals surface area contributed by atoms with Gasteiger partial charge in [-0.25, -0.2) is 0 Å². The van der Waals surface area contributed by atoms with Gasteiger partial charge in [0.15, 0.2) is 0 Å². The maximum Gasteiger partial charge on any atom is 0.232 e. The first-order valence-electron chi connectivity index (χ1n) is 9.25. The first-order valence-corrected chi connectivity index (χ1v) is 12.0. The number of nitrogens with zero attached hydrogens (tertiary/aromatic N) is 2. The molecule has 154 valence electrons. The fraction of sp³-hybridized carbons (Fsp3) is 0.333. The molecule has 1 fully saturated rings. The van der Waals surface area contributed by atoms with Crippen LogP contribution in [0.25, 0.3) is 0 Å². The molecule has 0 N–H and O–H groups in total. The lowest BCUT2D eigenvalue weighted by Crippen LogP contribution is -2.50. The summed E-state index contributed by atoms with van der Waals surface area (Å²) in [5.41, 5.74) is 1.18. The summed E-state index contributed by atoms with van der Waals surface area (Å²) < 4.78 is 0. The smallest absolute Gasteiger partial charge is 0.232 e. The van der Waals surface area contributed by atoms with Crippen LogP contribution in [-0.2, 0) is 15.3 Å². The molecule has 0 atom stereocenters. The summed E-state index contributed by atoms with van der Waals surface area (Å²) in [5.74, 6) is 1.47. The van der Waals surface area contributed by atoms with Crippen LogP contribution < -0.4 is 0 Å². The minimum atomic E-state index is 0.0762. The number of halogens is 2. The molecule has 0 aliphatic carbocycles. The normalized spacial score (nSPS) is 14.2. The zero-order valence-electron chi connectivity index (χ0n) is 16.1. The third kappa shape index (κ3) is 6.57. The average molecular weight is 469 g/mol. The molecule has 2 aromatic rings. The van der Waals surface area contributed by atoms with Crippen molar-refractivity contribution < 1.29 is 9.59 Å². The number of piperazine rings is 1. The van der Waals surface area contributed by atoms with E-state index in [1.807, 2.05) is 17.0 Å². The Balaban J connectivity index is 1.42. The van der Waals surface area contributed by atoms with E-state index < -0.39 is 0 Å². The highest BCUT2D eigenvalue weighted by Gasteiger charge is 2.21. The maximum absolute atomic E-state index is 12.4. The van der Waals surface area contributed by atoms with Gasteiger partial charge in [-0.05, 0) is 35.9 Å². The lowest BCUT2D eigenvalue weighted by atomic mass is 10.2. The van der Waals surface area contributed by atoms with Crippen molar-refractivity contribution in [1.29, 1.82) is 0 Å². The molecule has 0 aromatic heterocycles. The van der Waals surface area contributed by atoms with Crippen molar-refractivity contribution in [2.45, 2.75) is 22.5 Å². The van der Waals surface area contributed by atoms with Gasteiger partial charge in [0, 0.05) is 48.6 Å². The first kappa shape index (κ1) is 22.3. The van der Waals surface area contributed by atoms with Crippen LogP contribution in [0.1, 0.15) is 12.5 Å². The molecule has 0 unspecified atom stereocenters. The quantitative estimate of drug-likeness (QED) is 0.593. The summed E-state index contributed by atoms with van der Waals surface area (Å²) in [4.78, 5) is 29.5. The molecule has 4 nitrogen and oxygen atoms in total. The third-order valence-electron chi connectivity index (χ3n) is 4.62. The van der Waals surface area contributed by atoms with Crippen molar-refractivity contribution in [1.82, 2.24) is 9.80 Å². The van der Waals surface area contributed by atoms with E-state index in [0.717, 1.165) is 15.5 Å². The highest BCUT2D eigenvalue weighted by atomic mass is 35.5. The van der Waals surface area contributed by atoms with Crippen LogP contribution in [0.5, 0.6) is 0 Å². The van der Waals surface area contributed by atoms with Crippen LogP contribution in [0, 0.1) is 0 Å². The van der Waals surface area contributed by atoms with Crippen LogP contribution in [0.3, 0.4) is 0 Å². The van der Waals surface area contributed by atoms with Gasteiger partial charge in [-0.2, -0.15) is 0 Å². The minimum Gasteiger partial charge on any atom is -0.339 e. The molecule has 2 amide bonds. The monoisotopic (exact) mass is 468 g/mol. The Morgan fingerprint density at radius 3 is 2.14 bits per heavy atom.